The first-order valence-electron chi connectivity index (χ1n) is 10.2. The quantitative estimate of drug-likeness (QED) is 0.509. The SMILES string of the molecule is COC(=O)CNC(=O)[C@@](NC(=O)CNC(=O)OC(C)(C)C)(c1ccccc1)c1cccnc1. The number of nitrogens with one attached hydrogen (secondary N) is 3. The number of methoxy groups -OCH3 is 1. The minimum absolute atomic E-state index is 0.351. The summed E-state index contributed by atoms with van der Waals surface area (Å²) >= 11 is 0. The van der Waals surface area contributed by atoms with Crippen molar-refractivity contribution in [3.8, 4) is 0 Å². The molecule has 0 saturated heterocycles. The lowest BCUT2D eigenvalue weighted by Crippen LogP contribution is -2.59. The molecule has 10 nitrogen and oxygen atoms in total. The third-order valence-electron chi connectivity index (χ3n) is 4.38. The number of hydrogen-bond donors (Lipinski definition) is 3. The van der Waals surface area contributed by atoms with Crippen molar-refractivity contribution in [1.82, 2.24) is 20.9 Å². The first-order valence-corrected chi connectivity index (χ1v) is 10.2. The predicted molar refractivity (Wildman–Crippen MR) is 119 cm³/mol. The highest BCUT2D eigenvalue weighted by atomic mass is 16.6. The average molecular weight is 456 g/mol. The van der Waals surface area contributed by atoms with Gasteiger partial charge in [0, 0.05) is 18.0 Å². The zero-order chi connectivity index (χ0) is 24.5. The zero-order valence-corrected chi connectivity index (χ0v) is 19.0. The number of nitrogens with zero attached hydrogens (tertiary/aromatic N) is 1. The van der Waals surface area contributed by atoms with Gasteiger partial charge in [-0.3, -0.25) is 19.4 Å². The molecule has 1 heterocycles. The summed E-state index contributed by atoms with van der Waals surface area (Å²) in [6.07, 6.45) is 2.18. The Balaban J connectivity index is 2.40. The lowest BCUT2D eigenvalue weighted by molar-refractivity contribution is -0.142. The number of rotatable bonds is 8. The van der Waals surface area contributed by atoms with E-state index in [0.717, 1.165) is 0 Å². The Bertz CT molecular complexity index is 934. The number of amides is 3. The molecular weight excluding hydrogens is 428 g/mol. The van der Waals surface area contributed by atoms with Crippen LogP contribution >= 0.6 is 0 Å². The van der Waals surface area contributed by atoms with Crippen LogP contribution in [0.2, 0.25) is 0 Å². The highest BCUT2D eigenvalue weighted by molar-refractivity contribution is 5.97. The molecule has 33 heavy (non-hydrogen) atoms. The fourth-order valence-corrected chi connectivity index (χ4v) is 2.98. The number of ether oxygens (including phenoxy) is 2. The normalized spacial score (nSPS) is 12.6. The molecule has 3 N–H and O–H groups in total. The van der Waals surface area contributed by atoms with E-state index in [4.69, 9.17) is 4.74 Å². The van der Waals surface area contributed by atoms with E-state index in [1.807, 2.05) is 0 Å². The third kappa shape index (κ3) is 7.03. The number of esters is 1. The Hall–Kier alpha value is -3.95. The van der Waals surface area contributed by atoms with Crippen molar-refractivity contribution >= 4 is 23.9 Å². The molecule has 0 aliphatic carbocycles. The van der Waals surface area contributed by atoms with Crippen molar-refractivity contribution in [3.63, 3.8) is 0 Å². The molecule has 0 aliphatic rings. The van der Waals surface area contributed by atoms with Gasteiger partial charge in [-0.1, -0.05) is 36.4 Å². The van der Waals surface area contributed by atoms with Crippen LogP contribution in [0.3, 0.4) is 0 Å². The van der Waals surface area contributed by atoms with Gasteiger partial charge in [-0.25, -0.2) is 4.79 Å². The second-order valence-electron chi connectivity index (χ2n) is 8.02. The Kier molecular flexibility index (Phi) is 8.49. The summed E-state index contributed by atoms with van der Waals surface area (Å²) in [5.41, 5.74) is -1.70. The summed E-state index contributed by atoms with van der Waals surface area (Å²) in [7, 11) is 1.20. The minimum atomic E-state index is -1.74. The maximum atomic E-state index is 13.5. The zero-order valence-electron chi connectivity index (χ0n) is 19.0. The van der Waals surface area contributed by atoms with Gasteiger partial charge in [0.05, 0.1) is 7.11 Å². The van der Waals surface area contributed by atoms with Gasteiger partial charge in [-0.15, -0.1) is 0 Å². The standard InChI is InChI=1S/C23H28N4O6/c1-22(2,3)33-21(31)26-14-18(28)27-23(16-9-6-5-7-10-16,17-11-8-12-24-13-17)20(30)25-15-19(29)32-4/h5-13H,14-15H2,1-4H3,(H,25,30)(H,26,31)(H,27,28)/t23-/m1/s1. The molecule has 2 rings (SSSR count). The third-order valence-corrected chi connectivity index (χ3v) is 4.38. The first kappa shape index (κ1) is 25.3. The van der Waals surface area contributed by atoms with Gasteiger partial charge in [0.15, 0.2) is 5.54 Å². The summed E-state index contributed by atoms with van der Waals surface area (Å²) in [6.45, 7) is 4.23. The van der Waals surface area contributed by atoms with Crippen LogP contribution < -0.4 is 16.0 Å². The fraction of sp³-hybridized carbons (Fsp3) is 0.348. The van der Waals surface area contributed by atoms with Crippen LogP contribution in [0.15, 0.2) is 54.9 Å². The van der Waals surface area contributed by atoms with Gasteiger partial charge in [0.2, 0.25) is 5.91 Å². The molecular formula is C23H28N4O6. The van der Waals surface area contributed by atoms with E-state index < -0.39 is 48.1 Å². The highest BCUT2D eigenvalue weighted by Crippen LogP contribution is 2.30. The van der Waals surface area contributed by atoms with E-state index in [1.165, 1.54) is 19.5 Å². The number of carbonyl (C=O) groups excluding carboxylic acids is 4. The van der Waals surface area contributed by atoms with Crippen LogP contribution in [0, 0.1) is 0 Å². The summed E-state index contributed by atoms with van der Waals surface area (Å²) < 4.78 is 9.74. The average Bonchev–Trinajstić information content (AvgIpc) is 2.79. The summed E-state index contributed by atoms with van der Waals surface area (Å²) in [5.74, 6) is -2.01. The molecule has 0 spiro atoms. The maximum absolute atomic E-state index is 13.5. The molecule has 176 valence electrons. The molecule has 0 fully saturated rings. The second-order valence-corrected chi connectivity index (χ2v) is 8.02. The van der Waals surface area contributed by atoms with Crippen LogP contribution in [0.4, 0.5) is 4.79 Å². The molecule has 0 aliphatic heterocycles. The molecule has 0 saturated carbocycles. The van der Waals surface area contributed by atoms with E-state index in [1.54, 1.807) is 63.2 Å². The molecule has 0 unspecified atom stereocenters. The minimum Gasteiger partial charge on any atom is -0.468 e. The van der Waals surface area contributed by atoms with Crippen LogP contribution in [-0.2, 0) is 29.4 Å². The van der Waals surface area contributed by atoms with Crippen molar-refractivity contribution in [2.24, 2.45) is 0 Å². The van der Waals surface area contributed by atoms with Crippen molar-refractivity contribution < 1.29 is 28.7 Å². The fourth-order valence-electron chi connectivity index (χ4n) is 2.98. The Labute approximate surface area is 192 Å². The van der Waals surface area contributed by atoms with Crippen molar-refractivity contribution in [2.75, 3.05) is 20.2 Å². The van der Waals surface area contributed by atoms with E-state index in [2.05, 4.69) is 25.7 Å². The molecule has 3 amide bonds. The molecule has 0 radical (unpaired) electrons. The molecule has 1 aromatic heterocycles. The van der Waals surface area contributed by atoms with E-state index in [0.29, 0.717) is 11.1 Å². The largest absolute Gasteiger partial charge is 0.468 e. The topological polar surface area (TPSA) is 136 Å². The Morgan fingerprint density at radius 3 is 2.15 bits per heavy atom. The van der Waals surface area contributed by atoms with Crippen LogP contribution in [0.5, 0.6) is 0 Å². The van der Waals surface area contributed by atoms with Crippen molar-refractivity contribution in [2.45, 2.75) is 31.9 Å². The molecule has 1 atom stereocenters. The highest BCUT2D eigenvalue weighted by Gasteiger charge is 2.44. The monoisotopic (exact) mass is 456 g/mol. The smallest absolute Gasteiger partial charge is 0.408 e. The van der Waals surface area contributed by atoms with Crippen LogP contribution in [0.25, 0.3) is 0 Å². The second kappa shape index (κ2) is 11.1. The van der Waals surface area contributed by atoms with Gasteiger partial charge in [-0.05, 0) is 32.4 Å². The lowest BCUT2D eigenvalue weighted by atomic mass is 9.82. The number of aromatic nitrogens is 1. The molecule has 10 heteroatoms. The van der Waals surface area contributed by atoms with E-state index in [9.17, 15) is 19.2 Å². The number of alkyl carbamates (subject to hydrolysis) is 1. The van der Waals surface area contributed by atoms with Gasteiger partial charge < -0.3 is 25.4 Å². The van der Waals surface area contributed by atoms with Crippen molar-refractivity contribution in [3.05, 3.63) is 66.0 Å². The first-order chi connectivity index (χ1) is 15.6. The lowest BCUT2D eigenvalue weighted by Gasteiger charge is -2.34. The molecule has 1 aromatic carbocycles. The van der Waals surface area contributed by atoms with Gasteiger partial charge in [-0.2, -0.15) is 0 Å². The van der Waals surface area contributed by atoms with Gasteiger partial charge in [0.1, 0.15) is 18.7 Å². The van der Waals surface area contributed by atoms with E-state index >= 15 is 0 Å². The van der Waals surface area contributed by atoms with Crippen LogP contribution in [0.1, 0.15) is 31.9 Å². The number of pyridine rings is 1. The van der Waals surface area contributed by atoms with E-state index in [-0.39, 0.29) is 0 Å². The predicted octanol–water partition coefficient (Wildman–Crippen LogP) is 1.26. The van der Waals surface area contributed by atoms with Crippen molar-refractivity contribution in [1.29, 1.82) is 0 Å². The molecule has 0 bridgehead atoms. The van der Waals surface area contributed by atoms with Gasteiger partial charge >= 0.3 is 12.1 Å². The summed E-state index contributed by atoms with van der Waals surface area (Å²) in [6, 6.07) is 11.7. The summed E-state index contributed by atoms with van der Waals surface area (Å²) in [4.78, 5) is 54.0. The number of benzene rings is 1. The van der Waals surface area contributed by atoms with Crippen LogP contribution in [-0.4, -0.2) is 54.7 Å². The van der Waals surface area contributed by atoms with Gasteiger partial charge in [0.25, 0.3) is 5.91 Å². The number of hydrogen-bond acceptors (Lipinski definition) is 7. The molecule has 2 aromatic rings. The Morgan fingerprint density at radius 1 is 0.909 bits per heavy atom. The maximum Gasteiger partial charge on any atom is 0.408 e. The number of carbonyl (C=O) groups is 4. The summed E-state index contributed by atoms with van der Waals surface area (Å²) in [5, 5.41) is 7.58. The Morgan fingerprint density at radius 2 is 1.58 bits per heavy atom.